The molecule has 0 aromatic heterocycles. The quantitative estimate of drug-likeness (QED) is 0.490. The molecule has 0 aliphatic heterocycles. The molecule has 0 heterocycles. The average molecular weight is 183 g/mol. The number of halogens is 2. The molecular formula is C3H4CaCl2O2. The standard InChI is InChI=1S/C3H4O2.Ca.2ClH/c1-2-3(4)5;;;/h2H,1H2,(H,4,5);;2*1H/q;+2;;/p-2. The molecule has 8 heavy (non-hydrogen) atoms. The van der Waals surface area contributed by atoms with E-state index >= 15 is 0 Å². The molecule has 2 nitrogen and oxygen atoms in total. The number of hydrogen-bond acceptors (Lipinski definition) is 1. The van der Waals surface area contributed by atoms with Crippen LogP contribution in [0.5, 0.6) is 0 Å². The monoisotopic (exact) mass is 182 g/mol. The van der Waals surface area contributed by atoms with Gasteiger partial charge in [-0.1, -0.05) is 6.58 Å². The van der Waals surface area contributed by atoms with Gasteiger partial charge >= 0.3 is 49.6 Å². The van der Waals surface area contributed by atoms with Gasteiger partial charge in [-0.05, 0) is 0 Å². The van der Waals surface area contributed by atoms with Crippen LogP contribution in [0.25, 0.3) is 0 Å². The van der Waals surface area contributed by atoms with E-state index in [0.29, 0.717) is 0 Å². The molecule has 0 aliphatic carbocycles. The Kier molecular flexibility index (Phi) is 16.1. The number of carboxylic acid groups (broad SMARTS) is 1. The first-order valence-electron chi connectivity index (χ1n) is 1.66. The molecular weight excluding hydrogens is 179 g/mol. The van der Waals surface area contributed by atoms with Gasteiger partial charge in [-0.15, -0.1) is 0 Å². The van der Waals surface area contributed by atoms with E-state index in [1.807, 2.05) is 0 Å². The van der Waals surface area contributed by atoms with Gasteiger partial charge in [-0.25, -0.2) is 4.79 Å². The summed E-state index contributed by atoms with van der Waals surface area (Å²) in [6.07, 6.45) is 10.7. The van der Waals surface area contributed by atoms with Gasteiger partial charge in [-0.2, -0.15) is 0 Å². The molecule has 0 unspecified atom stereocenters. The molecule has 0 amide bonds. The number of aliphatic carboxylic acids is 1. The van der Waals surface area contributed by atoms with Crippen molar-refractivity contribution in [3.05, 3.63) is 12.7 Å². The van der Waals surface area contributed by atoms with Crippen LogP contribution in [0, 0.1) is 0 Å². The van der Waals surface area contributed by atoms with Gasteiger partial charge in [0, 0.05) is 6.08 Å². The second-order valence-electron chi connectivity index (χ2n) is 0.643. The van der Waals surface area contributed by atoms with Crippen molar-refractivity contribution in [3.63, 3.8) is 0 Å². The van der Waals surface area contributed by atoms with Crippen molar-refractivity contribution in [3.8, 4) is 0 Å². The summed E-state index contributed by atoms with van der Waals surface area (Å²) in [7, 11) is 0. The van der Waals surface area contributed by atoms with Gasteiger partial charge in [0.25, 0.3) is 0 Å². The Bertz CT molecular complexity index is 75.7. The third kappa shape index (κ3) is 27.7. The first-order chi connectivity index (χ1) is 3.68. The molecule has 0 aliphatic rings. The molecule has 0 bridgehead atoms. The van der Waals surface area contributed by atoms with Crippen molar-refractivity contribution in [1.82, 2.24) is 0 Å². The second-order valence-corrected chi connectivity index (χ2v) is 4.29. The molecule has 0 aromatic rings. The summed E-state index contributed by atoms with van der Waals surface area (Å²) in [6.45, 7) is 2.96. The molecule has 0 radical (unpaired) electrons. The molecule has 44 valence electrons. The number of hydrogen-bond donors (Lipinski definition) is 1. The maximum absolute atomic E-state index is 9.25. The van der Waals surface area contributed by atoms with E-state index in [1.165, 1.54) is 0 Å². The predicted molar refractivity (Wildman–Crippen MR) is 35.3 cm³/mol. The fourth-order valence-electron chi connectivity index (χ4n) is 0. The molecule has 0 atom stereocenters. The molecule has 0 saturated heterocycles. The third-order valence-corrected chi connectivity index (χ3v) is 0.175. The molecule has 0 saturated carbocycles. The van der Waals surface area contributed by atoms with Gasteiger partial charge in [-0.3, -0.25) is 0 Å². The topological polar surface area (TPSA) is 37.3 Å². The van der Waals surface area contributed by atoms with E-state index in [9.17, 15) is 4.79 Å². The van der Waals surface area contributed by atoms with Crippen molar-refractivity contribution in [2.24, 2.45) is 0 Å². The Labute approximate surface area is 71.2 Å². The van der Waals surface area contributed by atoms with E-state index in [4.69, 9.17) is 17.9 Å². The summed E-state index contributed by atoms with van der Waals surface area (Å²) in [5.41, 5.74) is 0. The zero-order valence-corrected chi connectivity index (χ0v) is 7.82. The summed E-state index contributed by atoms with van der Waals surface area (Å²) >= 11 is -0.931. The Hall–Kier alpha value is 1.05. The first-order valence-corrected chi connectivity index (χ1v) is 7.74. The summed E-state index contributed by atoms with van der Waals surface area (Å²) in [5.74, 6) is -0.981. The van der Waals surface area contributed by atoms with Crippen LogP contribution < -0.4 is 0 Å². The number of rotatable bonds is 1. The van der Waals surface area contributed by atoms with Gasteiger partial charge in [0.1, 0.15) is 0 Å². The average Bonchev–Trinajstić information content (AvgIpc) is 1.69. The summed E-state index contributed by atoms with van der Waals surface area (Å²) in [4.78, 5) is 9.25. The first kappa shape index (κ1) is 11.8. The Morgan fingerprint density at radius 3 is 1.88 bits per heavy atom. The summed E-state index contributed by atoms with van der Waals surface area (Å²) in [6, 6.07) is 0. The van der Waals surface area contributed by atoms with Crippen LogP contribution in [0.15, 0.2) is 12.7 Å². The summed E-state index contributed by atoms with van der Waals surface area (Å²) in [5, 5.41) is 7.60. The minimum absolute atomic E-state index is 0.833. The van der Waals surface area contributed by atoms with E-state index in [-0.39, 0.29) is 0 Å². The van der Waals surface area contributed by atoms with E-state index in [0.717, 1.165) is 6.08 Å². The molecule has 0 spiro atoms. The normalized spacial score (nSPS) is 5.25. The van der Waals surface area contributed by atoms with Gasteiger partial charge in [0.2, 0.25) is 0 Å². The molecule has 0 fully saturated rings. The van der Waals surface area contributed by atoms with Crippen molar-refractivity contribution in [2.45, 2.75) is 0 Å². The Morgan fingerprint density at radius 2 is 1.88 bits per heavy atom. The van der Waals surface area contributed by atoms with Crippen LogP contribution in [0.1, 0.15) is 0 Å². The van der Waals surface area contributed by atoms with E-state index in [2.05, 4.69) is 6.58 Å². The fourth-order valence-corrected chi connectivity index (χ4v) is 0. The van der Waals surface area contributed by atoms with Crippen LogP contribution in [0.2, 0.25) is 0 Å². The van der Waals surface area contributed by atoms with Gasteiger partial charge in [0.15, 0.2) is 0 Å². The summed E-state index contributed by atoms with van der Waals surface area (Å²) < 4.78 is 0. The molecule has 0 rings (SSSR count). The molecule has 1 N–H and O–H groups in total. The van der Waals surface area contributed by atoms with Crippen molar-refractivity contribution >= 4 is 49.6 Å². The fraction of sp³-hybridized carbons (Fsp3) is 0. The van der Waals surface area contributed by atoms with Crippen molar-refractivity contribution in [2.75, 3.05) is 0 Å². The third-order valence-electron chi connectivity index (χ3n) is 0.175. The second kappa shape index (κ2) is 10.9. The van der Waals surface area contributed by atoms with Gasteiger partial charge in [0.05, 0.1) is 0 Å². The Balaban J connectivity index is 0. The maximum atomic E-state index is 9.25. The van der Waals surface area contributed by atoms with Crippen LogP contribution in [0.3, 0.4) is 0 Å². The number of carboxylic acids is 1. The van der Waals surface area contributed by atoms with E-state index in [1.54, 1.807) is 0 Å². The molecule has 5 heteroatoms. The predicted octanol–water partition coefficient (Wildman–Crippen LogP) is 1.26. The minimum atomic E-state index is -0.981. The van der Waals surface area contributed by atoms with Gasteiger partial charge < -0.3 is 5.11 Å². The Morgan fingerprint density at radius 1 is 1.75 bits per heavy atom. The molecule has 0 aromatic carbocycles. The zero-order valence-electron chi connectivity index (χ0n) is 4.10. The van der Waals surface area contributed by atoms with Crippen molar-refractivity contribution in [1.29, 1.82) is 0 Å². The van der Waals surface area contributed by atoms with Crippen LogP contribution in [0.4, 0.5) is 0 Å². The zero-order chi connectivity index (χ0) is 6.99. The SMILES string of the molecule is C=CC(=O)O.[Cl][Ca][Cl]. The van der Waals surface area contributed by atoms with Crippen molar-refractivity contribution < 1.29 is 9.90 Å². The van der Waals surface area contributed by atoms with Crippen LogP contribution in [-0.4, -0.2) is 41.9 Å². The van der Waals surface area contributed by atoms with Crippen LogP contribution in [-0.2, 0) is 4.79 Å². The van der Waals surface area contributed by atoms with E-state index < -0.39 is 36.8 Å². The number of carbonyl (C=O) groups is 1. The van der Waals surface area contributed by atoms with Crippen LogP contribution >= 0.6 is 12.8 Å².